The Morgan fingerprint density at radius 3 is 2.62 bits per heavy atom. The Morgan fingerprint density at radius 1 is 1.12 bits per heavy atom. The largest absolute Gasteiger partial charge is 0.144 e. The lowest BCUT2D eigenvalue weighted by atomic mass is 10.2. The van der Waals surface area contributed by atoms with Crippen LogP contribution in [0.25, 0.3) is 0 Å². The first-order valence-corrected chi connectivity index (χ1v) is 6.63. The van der Waals surface area contributed by atoms with Crippen molar-refractivity contribution in [1.82, 2.24) is 10.2 Å². The zero-order chi connectivity index (χ0) is 11.4. The molecule has 1 aromatic carbocycles. The summed E-state index contributed by atoms with van der Waals surface area (Å²) < 4.78 is 0. The predicted octanol–water partition coefficient (Wildman–Crippen LogP) is 3.56. The average Bonchev–Trinajstić information content (AvgIpc) is 2.70. The summed E-state index contributed by atoms with van der Waals surface area (Å²) in [6.45, 7) is 0. The molecule has 0 fully saturated rings. The number of aryl methyl sites for hydroxylation is 1. The third-order valence-corrected chi connectivity index (χ3v) is 3.66. The van der Waals surface area contributed by atoms with E-state index in [0.29, 0.717) is 5.88 Å². The maximum Gasteiger partial charge on any atom is 0.121 e. The van der Waals surface area contributed by atoms with Gasteiger partial charge in [-0.3, -0.25) is 0 Å². The van der Waals surface area contributed by atoms with E-state index in [0.717, 1.165) is 33.4 Å². The van der Waals surface area contributed by atoms with Crippen molar-refractivity contribution in [3.63, 3.8) is 0 Å². The summed E-state index contributed by atoms with van der Waals surface area (Å²) in [5.74, 6) is 0.584. The Balaban J connectivity index is 2.11. The Labute approximate surface area is 108 Å². The molecule has 0 aliphatic rings. The van der Waals surface area contributed by atoms with Crippen LogP contribution in [0.4, 0.5) is 0 Å². The molecule has 0 amide bonds. The predicted molar refractivity (Wildman–Crippen MR) is 68.6 cm³/mol. The monoisotopic (exact) mass is 272 g/mol. The van der Waals surface area contributed by atoms with E-state index in [-0.39, 0.29) is 0 Å². The minimum Gasteiger partial charge on any atom is -0.144 e. The second kappa shape index (κ2) is 5.62. The van der Waals surface area contributed by atoms with Crippen LogP contribution in [0.5, 0.6) is 0 Å². The van der Waals surface area contributed by atoms with Gasteiger partial charge in [0, 0.05) is 23.7 Å². The van der Waals surface area contributed by atoms with E-state index >= 15 is 0 Å². The zero-order valence-electron chi connectivity index (χ0n) is 8.49. The zero-order valence-corrected chi connectivity index (χ0v) is 10.8. The molecule has 0 saturated heterocycles. The van der Waals surface area contributed by atoms with Crippen LogP contribution in [-0.2, 0) is 12.8 Å². The number of nitrogens with zero attached hydrogens (tertiary/aromatic N) is 2. The Kier molecular flexibility index (Phi) is 4.16. The van der Waals surface area contributed by atoms with Gasteiger partial charge in [-0.25, -0.2) is 0 Å². The normalized spacial score (nSPS) is 10.6. The lowest BCUT2D eigenvalue weighted by Crippen LogP contribution is -1.88. The smallest absolute Gasteiger partial charge is 0.121 e. The molecule has 1 aromatic heterocycles. The van der Waals surface area contributed by atoms with Gasteiger partial charge in [0.25, 0.3) is 0 Å². The van der Waals surface area contributed by atoms with Gasteiger partial charge in [-0.2, -0.15) is 0 Å². The van der Waals surface area contributed by atoms with Crippen molar-refractivity contribution < 1.29 is 0 Å². The summed E-state index contributed by atoms with van der Waals surface area (Å²) in [5.41, 5.74) is 1.08. The highest BCUT2D eigenvalue weighted by molar-refractivity contribution is 7.11. The van der Waals surface area contributed by atoms with Crippen LogP contribution >= 0.6 is 34.5 Å². The summed E-state index contributed by atoms with van der Waals surface area (Å²) >= 11 is 13.3. The molecule has 0 aliphatic heterocycles. The van der Waals surface area contributed by atoms with Gasteiger partial charge in [-0.05, 0) is 11.6 Å². The van der Waals surface area contributed by atoms with Crippen LogP contribution in [0.2, 0.25) is 5.02 Å². The van der Waals surface area contributed by atoms with Crippen LogP contribution < -0.4 is 0 Å². The van der Waals surface area contributed by atoms with Crippen molar-refractivity contribution in [2.75, 3.05) is 5.88 Å². The standard InChI is InChI=1S/C11H10Cl2N2S/c12-6-5-10-14-15-11(16-10)7-8-3-1-2-4-9(8)13/h1-4H,5-7H2. The van der Waals surface area contributed by atoms with Crippen molar-refractivity contribution in [3.05, 3.63) is 44.9 Å². The number of alkyl halides is 1. The molecule has 2 nitrogen and oxygen atoms in total. The van der Waals surface area contributed by atoms with Crippen molar-refractivity contribution in [2.24, 2.45) is 0 Å². The molecule has 0 N–H and O–H groups in total. The average molecular weight is 273 g/mol. The molecule has 0 radical (unpaired) electrons. The first-order valence-electron chi connectivity index (χ1n) is 4.90. The van der Waals surface area contributed by atoms with Gasteiger partial charge in [-0.15, -0.1) is 33.1 Å². The molecule has 0 unspecified atom stereocenters. The molecule has 0 saturated carbocycles. The number of aromatic nitrogens is 2. The highest BCUT2D eigenvalue weighted by Crippen LogP contribution is 2.21. The molecule has 2 aromatic rings. The summed E-state index contributed by atoms with van der Waals surface area (Å²) in [7, 11) is 0. The molecule has 16 heavy (non-hydrogen) atoms. The Bertz CT molecular complexity index is 471. The van der Waals surface area contributed by atoms with Gasteiger partial charge in [0.05, 0.1) is 0 Å². The van der Waals surface area contributed by atoms with Crippen LogP contribution in [-0.4, -0.2) is 16.1 Å². The number of hydrogen-bond acceptors (Lipinski definition) is 3. The van der Waals surface area contributed by atoms with Gasteiger partial charge < -0.3 is 0 Å². The van der Waals surface area contributed by atoms with Crippen LogP contribution in [0.15, 0.2) is 24.3 Å². The molecule has 0 aliphatic carbocycles. The fraction of sp³-hybridized carbons (Fsp3) is 0.273. The van der Waals surface area contributed by atoms with Crippen LogP contribution in [0.1, 0.15) is 15.6 Å². The number of halogens is 2. The minimum atomic E-state index is 0.584. The fourth-order valence-corrected chi connectivity index (χ4v) is 2.71. The Hall–Kier alpha value is -0.640. The van der Waals surface area contributed by atoms with Crippen molar-refractivity contribution in [3.8, 4) is 0 Å². The van der Waals surface area contributed by atoms with Crippen molar-refractivity contribution in [2.45, 2.75) is 12.8 Å². The van der Waals surface area contributed by atoms with Gasteiger partial charge in [-0.1, -0.05) is 29.8 Å². The van der Waals surface area contributed by atoms with E-state index in [1.165, 1.54) is 0 Å². The molecule has 0 atom stereocenters. The quantitative estimate of drug-likeness (QED) is 0.796. The number of hydrogen-bond donors (Lipinski definition) is 0. The maximum absolute atomic E-state index is 6.08. The van der Waals surface area contributed by atoms with Crippen molar-refractivity contribution >= 4 is 34.5 Å². The summed E-state index contributed by atoms with van der Waals surface area (Å²) in [5, 5.41) is 10.9. The molecule has 0 spiro atoms. The van der Waals surface area contributed by atoms with Crippen LogP contribution in [0, 0.1) is 0 Å². The first kappa shape index (κ1) is 11.8. The topological polar surface area (TPSA) is 25.8 Å². The van der Waals surface area contributed by atoms with Crippen molar-refractivity contribution in [1.29, 1.82) is 0 Å². The number of rotatable bonds is 4. The molecule has 5 heteroatoms. The van der Waals surface area contributed by atoms with Gasteiger partial charge in [0.1, 0.15) is 10.0 Å². The molecular weight excluding hydrogens is 263 g/mol. The Morgan fingerprint density at radius 2 is 1.88 bits per heavy atom. The lowest BCUT2D eigenvalue weighted by molar-refractivity contribution is 0.948. The molecular formula is C11H10Cl2N2S. The SMILES string of the molecule is ClCCc1nnc(Cc2ccccc2Cl)s1. The molecule has 1 heterocycles. The molecule has 0 bridgehead atoms. The second-order valence-corrected chi connectivity index (χ2v) is 5.23. The lowest BCUT2D eigenvalue weighted by Gasteiger charge is -1.99. The van der Waals surface area contributed by atoms with E-state index in [2.05, 4.69) is 10.2 Å². The third kappa shape index (κ3) is 2.94. The summed E-state index contributed by atoms with van der Waals surface area (Å²) in [6.07, 6.45) is 1.52. The third-order valence-electron chi connectivity index (χ3n) is 2.12. The highest BCUT2D eigenvalue weighted by Gasteiger charge is 2.06. The van der Waals surface area contributed by atoms with E-state index < -0.39 is 0 Å². The summed E-state index contributed by atoms with van der Waals surface area (Å²) in [4.78, 5) is 0. The second-order valence-electron chi connectivity index (χ2n) is 3.30. The van der Waals surface area contributed by atoms with E-state index in [9.17, 15) is 0 Å². The fourth-order valence-electron chi connectivity index (χ4n) is 1.35. The maximum atomic E-state index is 6.08. The minimum absolute atomic E-state index is 0.584. The van der Waals surface area contributed by atoms with Gasteiger partial charge in [0.2, 0.25) is 0 Å². The van der Waals surface area contributed by atoms with E-state index in [1.807, 2.05) is 24.3 Å². The summed E-state index contributed by atoms with van der Waals surface area (Å²) in [6, 6.07) is 7.79. The number of benzene rings is 1. The van der Waals surface area contributed by atoms with E-state index in [1.54, 1.807) is 11.3 Å². The van der Waals surface area contributed by atoms with Gasteiger partial charge in [0.15, 0.2) is 0 Å². The van der Waals surface area contributed by atoms with E-state index in [4.69, 9.17) is 23.2 Å². The highest BCUT2D eigenvalue weighted by atomic mass is 35.5. The molecule has 84 valence electrons. The van der Waals surface area contributed by atoms with Crippen LogP contribution in [0.3, 0.4) is 0 Å². The first-order chi connectivity index (χ1) is 7.79. The van der Waals surface area contributed by atoms with Gasteiger partial charge >= 0.3 is 0 Å². The molecule has 2 rings (SSSR count).